The molecule has 3 aromatic rings. The number of halogens is 1. The Balaban J connectivity index is 1.30. The molecule has 2 aromatic carbocycles. The molecule has 0 atom stereocenters. The first-order valence-corrected chi connectivity index (χ1v) is 15.1. The van der Waals surface area contributed by atoms with Gasteiger partial charge in [0.2, 0.25) is 5.91 Å². The molecular formula is C30H28FN5O5S. The van der Waals surface area contributed by atoms with Gasteiger partial charge in [-0.05, 0) is 55.7 Å². The van der Waals surface area contributed by atoms with Gasteiger partial charge in [-0.2, -0.15) is 13.7 Å². The number of aromatic nitrogens is 2. The van der Waals surface area contributed by atoms with Crippen LogP contribution in [-0.4, -0.2) is 65.5 Å². The molecule has 216 valence electrons. The van der Waals surface area contributed by atoms with Gasteiger partial charge < -0.3 is 8.75 Å². The van der Waals surface area contributed by atoms with Crippen molar-refractivity contribution in [2.45, 2.75) is 32.9 Å². The van der Waals surface area contributed by atoms with Crippen LogP contribution in [0.15, 0.2) is 42.6 Å². The highest BCUT2D eigenvalue weighted by Crippen LogP contribution is 2.28. The smallest absolute Gasteiger partial charge is 0.306 e. The predicted molar refractivity (Wildman–Crippen MR) is 150 cm³/mol. The van der Waals surface area contributed by atoms with E-state index in [-0.39, 0.29) is 35.9 Å². The van der Waals surface area contributed by atoms with E-state index in [1.165, 1.54) is 30.3 Å². The Labute approximate surface area is 243 Å². The molecule has 1 aliphatic carbocycles. The molecule has 0 unspecified atom stereocenters. The lowest BCUT2D eigenvalue weighted by molar-refractivity contribution is -0.133. The second-order valence-corrected chi connectivity index (χ2v) is 12.0. The standard InChI is InChI=1S/C30H28FN5O5S/c1-20-33-16-25(36(20)17-22-6-8-24(15-32)28(31)13-22)18-34-11-12-35(29(37)19-34)30(38)27-14-26(41-42(2,39)40)10-9-23(27)7-5-21-3-4-21/h6,8-10,13-14,16,21H,3-4,11-12,17-19H2,1-2H3. The van der Waals surface area contributed by atoms with Gasteiger partial charge in [0.05, 0.1) is 29.6 Å². The van der Waals surface area contributed by atoms with Gasteiger partial charge in [-0.3, -0.25) is 19.4 Å². The van der Waals surface area contributed by atoms with Crippen LogP contribution < -0.4 is 4.18 Å². The summed E-state index contributed by atoms with van der Waals surface area (Å²) in [5.41, 5.74) is 1.97. The largest absolute Gasteiger partial charge is 0.383 e. The summed E-state index contributed by atoms with van der Waals surface area (Å²) in [6.45, 7) is 3.05. The van der Waals surface area contributed by atoms with E-state index in [4.69, 9.17) is 9.44 Å². The number of amides is 2. The molecule has 0 spiro atoms. The van der Waals surface area contributed by atoms with E-state index >= 15 is 0 Å². The Morgan fingerprint density at radius 3 is 2.57 bits per heavy atom. The van der Waals surface area contributed by atoms with Gasteiger partial charge in [-0.25, -0.2) is 9.37 Å². The number of imidazole rings is 1. The molecule has 5 rings (SSSR count). The second-order valence-electron chi connectivity index (χ2n) is 10.4. The Morgan fingerprint density at radius 1 is 1.14 bits per heavy atom. The zero-order valence-electron chi connectivity index (χ0n) is 23.1. The second kappa shape index (κ2) is 11.8. The lowest BCUT2D eigenvalue weighted by Crippen LogP contribution is -2.52. The molecule has 2 aliphatic rings. The molecule has 2 amide bonds. The normalized spacial score (nSPS) is 15.6. The molecule has 2 heterocycles. The van der Waals surface area contributed by atoms with E-state index in [9.17, 15) is 22.4 Å². The zero-order chi connectivity index (χ0) is 30.0. The first kappa shape index (κ1) is 29.0. The van der Waals surface area contributed by atoms with Crippen LogP contribution in [-0.2, 0) is 28.0 Å². The fourth-order valence-corrected chi connectivity index (χ4v) is 5.13. The molecule has 1 saturated carbocycles. The van der Waals surface area contributed by atoms with E-state index < -0.39 is 27.7 Å². The van der Waals surface area contributed by atoms with Crippen LogP contribution in [0, 0.1) is 41.8 Å². The van der Waals surface area contributed by atoms with E-state index in [2.05, 4.69) is 16.8 Å². The number of rotatable bonds is 7. The average Bonchev–Trinajstić information content (AvgIpc) is 3.71. The van der Waals surface area contributed by atoms with Crippen molar-refractivity contribution in [2.24, 2.45) is 5.92 Å². The maximum absolute atomic E-state index is 14.2. The lowest BCUT2D eigenvalue weighted by Gasteiger charge is -2.33. The lowest BCUT2D eigenvalue weighted by atomic mass is 10.0. The first-order valence-electron chi connectivity index (χ1n) is 13.3. The summed E-state index contributed by atoms with van der Waals surface area (Å²) in [6.07, 6.45) is 4.60. The minimum absolute atomic E-state index is 0.0237. The number of benzene rings is 2. The Kier molecular flexibility index (Phi) is 8.12. The van der Waals surface area contributed by atoms with Crippen molar-refractivity contribution in [3.05, 3.63) is 82.2 Å². The molecule has 0 bridgehead atoms. The number of aryl methyl sites for hydroxylation is 1. The summed E-state index contributed by atoms with van der Waals surface area (Å²) in [5, 5.41) is 8.99. The SMILES string of the molecule is Cc1ncc(CN2CCN(C(=O)c3cc(OS(C)(=O)=O)ccc3C#CC3CC3)C(=O)C2)n1Cc1ccc(C#N)c(F)c1. The minimum Gasteiger partial charge on any atom is -0.383 e. The van der Waals surface area contributed by atoms with Crippen molar-refractivity contribution in [3.8, 4) is 23.7 Å². The van der Waals surface area contributed by atoms with Crippen molar-refractivity contribution in [2.75, 3.05) is 25.9 Å². The molecule has 1 saturated heterocycles. The predicted octanol–water partition coefficient (Wildman–Crippen LogP) is 2.84. The number of imide groups is 1. The van der Waals surface area contributed by atoms with Crippen molar-refractivity contribution in [3.63, 3.8) is 0 Å². The first-order chi connectivity index (χ1) is 20.0. The van der Waals surface area contributed by atoms with E-state index in [0.29, 0.717) is 36.6 Å². The van der Waals surface area contributed by atoms with Crippen LogP contribution in [0.3, 0.4) is 0 Å². The molecule has 10 nitrogen and oxygen atoms in total. The van der Waals surface area contributed by atoms with Gasteiger partial charge in [-0.15, -0.1) is 0 Å². The third-order valence-electron chi connectivity index (χ3n) is 7.02. The fraction of sp³-hybridized carbons (Fsp3) is 0.333. The van der Waals surface area contributed by atoms with E-state index in [0.717, 1.165) is 29.7 Å². The van der Waals surface area contributed by atoms with E-state index in [1.54, 1.807) is 12.3 Å². The summed E-state index contributed by atoms with van der Waals surface area (Å²) in [5.74, 6) is 5.51. The molecule has 12 heteroatoms. The number of hydrogen-bond donors (Lipinski definition) is 0. The summed E-state index contributed by atoms with van der Waals surface area (Å²) < 4.78 is 44.4. The quantitative estimate of drug-likeness (QED) is 0.234. The van der Waals surface area contributed by atoms with Gasteiger partial charge in [-0.1, -0.05) is 17.9 Å². The van der Waals surface area contributed by atoms with Crippen LogP contribution in [0.2, 0.25) is 0 Å². The van der Waals surface area contributed by atoms with Gasteiger partial charge in [0.25, 0.3) is 5.91 Å². The van der Waals surface area contributed by atoms with Gasteiger partial charge >= 0.3 is 10.1 Å². The van der Waals surface area contributed by atoms with Crippen molar-refractivity contribution in [1.82, 2.24) is 19.4 Å². The van der Waals surface area contributed by atoms with Crippen LogP contribution >= 0.6 is 0 Å². The number of carbonyl (C=O) groups is 2. The number of piperazine rings is 1. The monoisotopic (exact) mass is 589 g/mol. The molecular weight excluding hydrogens is 561 g/mol. The Bertz CT molecular complexity index is 1780. The van der Waals surface area contributed by atoms with Crippen molar-refractivity contribution < 1.29 is 26.6 Å². The Hall–Kier alpha value is -4.52. The van der Waals surface area contributed by atoms with Gasteiger partial charge in [0.1, 0.15) is 23.5 Å². The highest BCUT2D eigenvalue weighted by Gasteiger charge is 2.31. The number of carbonyl (C=O) groups excluding carboxylic acids is 2. The molecule has 1 aliphatic heterocycles. The number of nitrogens with zero attached hydrogens (tertiary/aromatic N) is 5. The van der Waals surface area contributed by atoms with E-state index in [1.807, 2.05) is 22.5 Å². The third-order valence-corrected chi connectivity index (χ3v) is 7.52. The summed E-state index contributed by atoms with van der Waals surface area (Å²) in [6, 6.07) is 10.6. The maximum atomic E-state index is 14.2. The molecule has 0 radical (unpaired) electrons. The number of hydrogen-bond acceptors (Lipinski definition) is 8. The van der Waals surface area contributed by atoms with Crippen molar-refractivity contribution >= 4 is 21.9 Å². The third kappa shape index (κ3) is 6.85. The van der Waals surface area contributed by atoms with Crippen molar-refractivity contribution in [1.29, 1.82) is 5.26 Å². The average molecular weight is 590 g/mol. The highest BCUT2D eigenvalue weighted by molar-refractivity contribution is 7.86. The zero-order valence-corrected chi connectivity index (χ0v) is 23.9. The molecule has 0 N–H and O–H groups in total. The van der Waals surface area contributed by atoms with Gasteiger partial charge in [0, 0.05) is 43.9 Å². The highest BCUT2D eigenvalue weighted by atomic mass is 32.2. The molecule has 2 fully saturated rings. The van der Waals surface area contributed by atoms with Crippen LogP contribution in [0.4, 0.5) is 4.39 Å². The molecule has 1 aromatic heterocycles. The van der Waals surface area contributed by atoms with Gasteiger partial charge in [0.15, 0.2) is 0 Å². The number of nitriles is 1. The topological polar surface area (TPSA) is 126 Å². The van der Waals surface area contributed by atoms with Crippen LogP contribution in [0.1, 0.15) is 51.4 Å². The Morgan fingerprint density at radius 2 is 1.90 bits per heavy atom. The minimum atomic E-state index is -3.82. The van der Waals surface area contributed by atoms with Crippen LogP contribution in [0.25, 0.3) is 0 Å². The summed E-state index contributed by atoms with van der Waals surface area (Å²) >= 11 is 0. The van der Waals surface area contributed by atoms with Crippen LogP contribution in [0.5, 0.6) is 5.75 Å². The fourth-order valence-electron chi connectivity index (χ4n) is 4.68. The summed E-state index contributed by atoms with van der Waals surface area (Å²) in [7, 11) is -3.82. The maximum Gasteiger partial charge on any atom is 0.306 e. The summed E-state index contributed by atoms with van der Waals surface area (Å²) in [4.78, 5) is 34.2. The molecule has 42 heavy (non-hydrogen) atoms.